The second-order valence-corrected chi connectivity index (χ2v) is 7.36. The molecule has 0 aliphatic heterocycles. The van der Waals surface area contributed by atoms with E-state index >= 15 is 0 Å². The van der Waals surface area contributed by atoms with E-state index in [0.29, 0.717) is 5.69 Å². The summed E-state index contributed by atoms with van der Waals surface area (Å²) in [5, 5.41) is 33.8. The Morgan fingerprint density at radius 3 is 2.26 bits per heavy atom. The number of benzene rings is 1. The molecule has 13 heteroatoms. The smallest absolute Gasteiger partial charge is 0.322 e. The molecule has 0 radical (unpaired) electrons. The van der Waals surface area contributed by atoms with Gasteiger partial charge >= 0.3 is 11.9 Å². The van der Waals surface area contributed by atoms with Crippen LogP contribution in [0.5, 0.6) is 5.75 Å². The summed E-state index contributed by atoms with van der Waals surface area (Å²) in [4.78, 5) is 57.6. The van der Waals surface area contributed by atoms with E-state index in [2.05, 4.69) is 16.0 Å². The third-order valence-electron chi connectivity index (χ3n) is 3.73. The number of nitrogens with two attached hydrogens (primary N) is 1. The van der Waals surface area contributed by atoms with Crippen molar-refractivity contribution < 1.29 is 39.3 Å². The molecule has 0 fully saturated rings. The monoisotopic (exact) mass is 456 g/mol. The number of carbonyl (C=O) groups excluding carboxylic acids is 3. The Morgan fingerprint density at radius 1 is 1.03 bits per heavy atom. The van der Waals surface area contributed by atoms with Crippen LogP contribution in [0.4, 0.5) is 5.69 Å². The number of anilines is 1. The molecule has 3 amide bonds. The summed E-state index contributed by atoms with van der Waals surface area (Å²) < 4.78 is 0. The second-order valence-electron chi connectivity index (χ2n) is 6.33. The molecule has 0 aliphatic carbocycles. The lowest BCUT2D eigenvalue weighted by atomic mass is 10.1. The van der Waals surface area contributed by atoms with Crippen LogP contribution in [0.2, 0.25) is 0 Å². The first-order valence-electron chi connectivity index (χ1n) is 9.02. The zero-order valence-electron chi connectivity index (χ0n) is 16.4. The van der Waals surface area contributed by atoms with Gasteiger partial charge in [0.1, 0.15) is 24.4 Å². The Morgan fingerprint density at radius 2 is 1.68 bits per heavy atom. The number of phenolic OH excluding ortho intramolecular Hbond substituents is 1. The molecule has 0 aromatic heterocycles. The summed E-state index contributed by atoms with van der Waals surface area (Å²) in [5.74, 6) is -4.38. The van der Waals surface area contributed by atoms with Gasteiger partial charge in [-0.05, 0) is 30.7 Å². The van der Waals surface area contributed by atoms with Crippen molar-refractivity contribution in [3.63, 3.8) is 0 Å². The van der Waals surface area contributed by atoms with Gasteiger partial charge in [-0.15, -0.1) is 11.8 Å². The average Bonchev–Trinajstić information content (AvgIpc) is 2.71. The molecular formula is C18H24N4O8S. The maximum absolute atomic E-state index is 12.2. The van der Waals surface area contributed by atoms with Gasteiger partial charge in [-0.1, -0.05) is 0 Å². The van der Waals surface area contributed by atoms with Crippen LogP contribution in [0.1, 0.15) is 12.8 Å². The summed E-state index contributed by atoms with van der Waals surface area (Å²) in [6, 6.07) is 3.43. The molecule has 0 saturated carbocycles. The third-order valence-corrected chi connectivity index (χ3v) is 4.77. The van der Waals surface area contributed by atoms with E-state index in [1.807, 2.05) is 0 Å². The molecule has 8 N–H and O–H groups in total. The van der Waals surface area contributed by atoms with Crippen molar-refractivity contribution in [3.05, 3.63) is 24.3 Å². The first-order valence-corrected chi connectivity index (χ1v) is 10.2. The van der Waals surface area contributed by atoms with Gasteiger partial charge in [-0.3, -0.25) is 24.0 Å². The molecule has 31 heavy (non-hydrogen) atoms. The Hall–Kier alpha value is -3.32. The molecule has 0 spiro atoms. The van der Waals surface area contributed by atoms with Crippen molar-refractivity contribution in [2.45, 2.75) is 24.9 Å². The lowest BCUT2D eigenvalue weighted by Gasteiger charge is -2.18. The first-order chi connectivity index (χ1) is 14.6. The fourth-order valence-electron chi connectivity index (χ4n) is 2.16. The Bertz CT molecular complexity index is 802. The van der Waals surface area contributed by atoms with Crippen LogP contribution in [0.25, 0.3) is 0 Å². The van der Waals surface area contributed by atoms with Gasteiger partial charge in [0, 0.05) is 17.9 Å². The van der Waals surface area contributed by atoms with Crippen LogP contribution in [0, 0.1) is 0 Å². The number of hydrogen-bond acceptors (Lipinski definition) is 8. The van der Waals surface area contributed by atoms with Crippen molar-refractivity contribution in [3.8, 4) is 5.75 Å². The number of thioether (sulfide) groups is 1. The number of amides is 3. The van der Waals surface area contributed by atoms with E-state index < -0.39 is 42.4 Å². The molecule has 0 saturated heterocycles. The van der Waals surface area contributed by atoms with E-state index in [1.165, 1.54) is 24.3 Å². The maximum Gasteiger partial charge on any atom is 0.322 e. The highest BCUT2D eigenvalue weighted by Crippen LogP contribution is 2.14. The predicted molar refractivity (Wildman–Crippen MR) is 111 cm³/mol. The highest BCUT2D eigenvalue weighted by molar-refractivity contribution is 8.00. The van der Waals surface area contributed by atoms with Crippen molar-refractivity contribution in [2.75, 3.05) is 23.4 Å². The third kappa shape index (κ3) is 10.9. The molecule has 0 aliphatic rings. The normalized spacial score (nSPS) is 12.3. The topological polar surface area (TPSA) is 208 Å². The number of aromatic hydroxyl groups is 1. The van der Waals surface area contributed by atoms with Crippen molar-refractivity contribution >= 4 is 47.1 Å². The SMILES string of the molecule is N[C@H](CCC(=O)N[C@@H](CSCC(=O)Nc1ccc(O)cc1)C(=O)NCC(=O)O)C(=O)O. The zero-order chi connectivity index (χ0) is 23.4. The van der Waals surface area contributed by atoms with E-state index in [0.717, 1.165) is 11.8 Å². The highest BCUT2D eigenvalue weighted by Gasteiger charge is 2.22. The van der Waals surface area contributed by atoms with Crippen LogP contribution < -0.4 is 21.7 Å². The van der Waals surface area contributed by atoms with E-state index in [1.54, 1.807) is 0 Å². The Kier molecular flexibility index (Phi) is 10.8. The summed E-state index contributed by atoms with van der Waals surface area (Å²) in [7, 11) is 0. The molecule has 1 aromatic rings. The first kappa shape index (κ1) is 25.7. The molecular weight excluding hydrogens is 432 g/mol. The van der Waals surface area contributed by atoms with Crippen molar-refractivity contribution in [1.29, 1.82) is 0 Å². The summed E-state index contributed by atoms with van der Waals surface area (Å²) in [5.41, 5.74) is 5.80. The number of phenols is 1. The van der Waals surface area contributed by atoms with Gasteiger partial charge in [0.2, 0.25) is 17.7 Å². The Balaban J connectivity index is 2.58. The fourth-order valence-corrected chi connectivity index (χ4v) is 3.00. The maximum atomic E-state index is 12.2. The molecule has 0 bridgehead atoms. The van der Waals surface area contributed by atoms with Crippen LogP contribution in [-0.2, 0) is 24.0 Å². The molecule has 1 aromatic carbocycles. The minimum Gasteiger partial charge on any atom is -0.508 e. The van der Waals surface area contributed by atoms with Gasteiger partial charge in [-0.2, -0.15) is 0 Å². The van der Waals surface area contributed by atoms with Crippen LogP contribution in [0.15, 0.2) is 24.3 Å². The quantitative estimate of drug-likeness (QED) is 0.179. The number of carboxylic acids is 2. The molecule has 12 nitrogen and oxygen atoms in total. The molecule has 0 unspecified atom stereocenters. The highest BCUT2D eigenvalue weighted by atomic mass is 32.2. The van der Waals surface area contributed by atoms with Crippen molar-refractivity contribution in [1.82, 2.24) is 10.6 Å². The van der Waals surface area contributed by atoms with Gasteiger partial charge in [0.25, 0.3) is 0 Å². The van der Waals surface area contributed by atoms with Crippen molar-refractivity contribution in [2.24, 2.45) is 5.73 Å². The number of nitrogens with one attached hydrogen (secondary N) is 3. The summed E-state index contributed by atoms with van der Waals surface area (Å²) in [6.45, 7) is -0.652. The van der Waals surface area contributed by atoms with Gasteiger partial charge in [0.15, 0.2) is 0 Å². The number of rotatable bonds is 13. The predicted octanol–water partition coefficient (Wildman–Crippen LogP) is -1.06. The molecule has 0 heterocycles. The van der Waals surface area contributed by atoms with Crippen LogP contribution in [0.3, 0.4) is 0 Å². The lowest BCUT2D eigenvalue weighted by Crippen LogP contribution is -2.49. The zero-order valence-corrected chi connectivity index (χ0v) is 17.2. The van der Waals surface area contributed by atoms with Gasteiger partial charge < -0.3 is 37.0 Å². The minimum atomic E-state index is -1.27. The molecule has 1 rings (SSSR count). The summed E-state index contributed by atoms with van der Waals surface area (Å²) in [6.07, 6.45) is -0.394. The Labute approximate surface area is 181 Å². The van der Waals surface area contributed by atoms with Crippen LogP contribution >= 0.6 is 11.8 Å². The van der Waals surface area contributed by atoms with Gasteiger partial charge in [-0.25, -0.2) is 0 Å². The number of carboxylic acid groups (broad SMARTS) is 2. The number of carbonyl (C=O) groups is 5. The van der Waals surface area contributed by atoms with E-state index in [-0.39, 0.29) is 36.0 Å². The average molecular weight is 456 g/mol. The van der Waals surface area contributed by atoms with E-state index in [9.17, 15) is 29.1 Å². The largest absolute Gasteiger partial charge is 0.508 e. The number of hydrogen-bond donors (Lipinski definition) is 7. The second kappa shape index (κ2) is 13.1. The minimum absolute atomic E-state index is 0.0365. The number of aliphatic carboxylic acids is 2. The van der Waals surface area contributed by atoms with Gasteiger partial charge in [0.05, 0.1) is 5.75 Å². The standard InChI is InChI=1S/C18H24N4O8S/c19-12(18(29)30)5-6-14(24)22-13(17(28)20-7-16(26)27)8-31-9-15(25)21-10-1-3-11(23)4-2-10/h1-4,12-13,23H,5-9,19H2,(H,20,28)(H,21,25)(H,22,24)(H,26,27)(H,29,30)/t12-,13+/m1/s1. The van der Waals surface area contributed by atoms with E-state index in [4.69, 9.17) is 15.9 Å². The van der Waals surface area contributed by atoms with Crippen LogP contribution in [-0.4, -0.2) is 75.1 Å². The lowest BCUT2D eigenvalue weighted by molar-refractivity contribution is -0.139. The molecule has 2 atom stereocenters. The summed E-state index contributed by atoms with van der Waals surface area (Å²) >= 11 is 1.02. The molecule has 170 valence electrons. The fraction of sp³-hybridized carbons (Fsp3) is 0.389.